The highest BCUT2D eigenvalue weighted by Gasteiger charge is 1.93. The molecular formula is C12H17N. The van der Waals surface area contributed by atoms with Crippen molar-refractivity contribution < 1.29 is 0 Å². The van der Waals surface area contributed by atoms with Gasteiger partial charge in [0.05, 0.1) is 0 Å². The number of benzene rings is 1. The van der Waals surface area contributed by atoms with Crippen LogP contribution in [0.5, 0.6) is 0 Å². The summed E-state index contributed by atoms with van der Waals surface area (Å²) in [5.74, 6) is 0.574. The Bertz CT molecular complexity index is 251. The summed E-state index contributed by atoms with van der Waals surface area (Å²) in [6.07, 6.45) is 5.42. The van der Waals surface area contributed by atoms with Crippen molar-refractivity contribution in [1.29, 1.82) is 0 Å². The van der Waals surface area contributed by atoms with E-state index in [0.29, 0.717) is 5.92 Å². The van der Waals surface area contributed by atoms with Gasteiger partial charge in [0.2, 0.25) is 0 Å². The Hall–Kier alpha value is -1.08. The maximum absolute atomic E-state index is 5.46. The molecule has 0 aliphatic heterocycles. The zero-order valence-corrected chi connectivity index (χ0v) is 8.11. The predicted molar refractivity (Wildman–Crippen MR) is 58.3 cm³/mol. The SMILES string of the molecule is CC(/C=C/c1ccccc1)CCN. The van der Waals surface area contributed by atoms with Crippen molar-refractivity contribution in [3.8, 4) is 0 Å². The van der Waals surface area contributed by atoms with Crippen molar-refractivity contribution in [3.63, 3.8) is 0 Å². The Morgan fingerprint density at radius 3 is 2.62 bits per heavy atom. The van der Waals surface area contributed by atoms with Crippen LogP contribution >= 0.6 is 0 Å². The molecule has 0 spiro atoms. The monoisotopic (exact) mass is 175 g/mol. The molecule has 1 heteroatoms. The summed E-state index contributed by atoms with van der Waals surface area (Å²) < 4.78 is 0. The molecule has 1 unspecified atom stereocenters. The maximum Gasteiger partial charge on any atom is -0.00718 e. The average Bonchev–Trinajstić information content (AvgIpc) is 2.17. The molecule has 0 aliphatic carbocycles. The lowest BCUT2D eigenvalue weighted by Crippen LogP contribution is -2.03. The van der Waals surface area contributed by atoms with Gasteiger partial charge in [-0.3, -0.25) is 0 Å². The first kappa shape index (κ1) is 10.0. The first-order valence-electron chi connectivity index (χ1n) is 4.76. The molecule has 1 nitrogen and oxygen atoms in total. The molecule has 0 amide bonds. The summed E-state index contributed by atoms with van der Waals surface area (Å²) in [6, 6.07) is 10.3. The predicted octanol–water partition coefficient (Wildman–Crippen LogP) is 2.68. The number of hydrogen-bond donors (Lipinski definition) is 1. The van der Waals surface area contributed by atoms with Crippen molar-refractivity contribution in [2.75, 3.05) is 6.54 Å². The second-order valence-corrected chi connectivity index (χ2v) is 3.32. The van der Waals surface area contributed by atoms with Gasteiger partial charge >= 0.3 is 0 Å². The van der Waals surface area contributed by atoms with Crippen molar-refractivity contribution in [1.82, 2.24) is 0 Å². The van der Waals surface area contributed by atoms with E-state index in [9.17, 15) is 0 Å². The first-order valence-corrected chi connectivity index (χ1v) is 4.76. The molecule has 1 atom stereocenters. The Kier molecular flexibility index (Phi) is 4.27. The number of hydrogen-bond acceptors (Lipinski definition) is 1. The molecule has 1 rings (SSSR count). The summed E-state index contributed by atoms with van der Waals surface area (Å²) in [6.45, 7) is 2.95. The molecular weight excluding hydrogens is 158 g/mol. The molecule has 1 aromatic rings. The Morgan fingerprint density at radius 1 is 1.31 bits per heavy atom. The van der Waals surface area contributed by atoms with E-state index in [0.717, 1.165) is 13.0 Å². The molecule has 1 aromatic carbocycles. The quantitative estimate of drug-likeness (QED) is 0.748. The Balaban J connectivity index is 2.49. The van der Waals surface area contributed by atoms with Gasteiger partial charge < -0.3 is 5.73 Å². The van der Waals surface area contributed by atoms with E-state index in [-0.39, 0.29) is 0 Å². The molecule has 0 heterocycles. The summed E-state index contributed by atoms with van der Waals surface area (Å²) in [7, 11) is 0. The van der Waals surface area contributed by atoms with Crippen molar-refractivity contribution >= 4 is 6.08 Å². The lowest BCUT2D eigenvalue weighted by molar-refractivity contribution is 0.661. The molecule has 0 saturated heterocycles. The van der Waals surface area contributed by atoms with Gasteiger partial charge in [-0.15, -0.1) is 0 Å². The van der Waals surface area contributed by atoms with Gasteiger partial charge in [-0.2, -0.15) is 0 Å². The summed E-state index contributed by atoms with van der Waals surface area (Å²) in [5.41, 5.74) is 6.72. The minimum Gasteiger partial charge on any atom is -0.330 e. The van der Waals surface area contributed by atoms with Crippen LogP contribution in [0.2, 0.25) is 0 Å². The van der Waals surface area contributed by atoms with E-state index >= 15 is 0 Å². The highest BCUT2D eigenvalue weighted by molar-refractivity contribution is 5.48. The second-order valence-electron chi connectivity index (χ2n) is 3.32. The van der Waals surface area contributed by atoms with E-state index < -0.39 is 0 Å². The minimum absolute atomic E-state index is 0.574. The fourth-order valence-electron chi connectivity index (χ4n) is 1.20. The van der Waals surface area contributed by atoms with E-state index in [2.05, 4.69) is 31.2 Å². The van der Waals surface area contributed by atoms with Gasteiger partial charge in [0.25, 0.3) is 0 Å². The van der Waals surface area contributed by atoms with Crippen LogP contribution in [0.15, 0.2) is 36.4 Å². The number of rotatable bonds is 4. The van der Waals surface area contributed by atoms with Gasteiger partial charge in [0, 0.05) is 0 Å². The van der Waals surface area contributed by atoms with Crippen molar-refractivity contribution in [2.45, 2.75) is 13.3 Å². The van der Waals surface area contributed by atoms with Gasteiger partial charge in [0.15, 0.2) is 0 Å². The summed E-state index contributed by atoms with van der Waals surface area (Å²) in [4.78, 5) is 0. The number of nitrogens with two attached hydrogens (primary N) is 1. The molecule has 0 saturated carbocycles. The van der Waals surface area contributed by atoms with Crippen LogP contribution in [0.4, 0.5) is 0 Å². The molecule has 0 radical (unpaired) electrons. The van der Waals surface area contributed by atoms with Gasteiger partial charge in [0.1, 0.15) is 0 Å². The normalized spacial score (nSPS) is 13.4. The smallest absolute Gasteiger partial charge is 0.00718 e. The van der Waals surface area contributed by atoms with E-state index in [1.165, 1.54) is 5.56 Å². The molecule has 2 N–H and O–H groups in total. The van der Waals surface area contributed by atoms with E-state index in [4.69, 9.17) is 5.73 Å². The molecule has 0 fully saturated rings. The molecule has 70 valence electrons. The van der Waals surface area contributed by atoms with Crippen LogP contribution in [0, 0.1) is 5.92 Å². The lowest BCUT2D eigenvalue weighted by Gasteiger charge is -2.01. The van der Waals surface area contributed by atoms with Crippen molar-refractivity contribution in [3.05, 3.63) is 42.0 Å². The summed E-state index contributed by atoms with van der Waals surface area (Å²) in [5, 5.41) is 0. The Morgan fingerprint density at radius 2 is 2.00 bits per heavy atom. The molecule has 0 bridgehead atoms. The van der Waals surface area contributed by atoms with Gasteiger partial charge in [-0.25, -0.2) is 0 Å². The van der Waals surface area contributed by atoms with E-state index in [1.807, 2.05) is 18.2 Å². The standard InChI is InChI=1S/C12H17N/c1-11(9-10-13)7-8-12-5-3-2-4-6-12/h2-8,11H,9-10,13H2,1H3/b8-7+. The van der Waals surface area contributed by atoms with Crippen LogP contribution in [0.1, 0.15) is 18.9 Å². The first-order chi connectivity index (χ1) is 6.33. The largest absolute Gasteiger partial charge is 0.330 e. The molecule has 0 aliphatic rings. The highest BCUT2D eigenvalue weighted by atomic mass is 14.5. The van der Waals surface area contributed by atoms with Crippen LogP contribution in [-0.2, 0) is 0 Å². The van der Waals surface area contributed by atoms with Crippen LogP contribution in [0.25, 0.3) is 6.08 Å². The Labute approximate surface area is 80.3 Å². The zero-order chi connectivity index (χ0) is 9.52. The third kappa shape index (κ3) is 3.90. The summed E-state index contributed by atoms with van der Waals surface area (Å²) >= 11 is 0. The van der Waals surface area contributed by atoms with Crippen molar-refractivity contribution in [2.24, 2.45) is 11.7 Å². The minimum atomic E-state index is 0.574. The fraction of sp³-hybridized carbons (Fsp3) is 0.333. The fourth-order valence-corrected chi connectivity index (χ4v) is 1.20. The van der Waals surface area contributed by atoms with Gasteiger partial charge in [-0.1, -0.05) is 49.4 Å². The van der Waals surface area contributed by atoms with Crippen LogP contribution < -0.4 is 5.73 Å². The zero-order valence-electron chi connectivity index (χ0n) is 8.11. The lowest BCUT2D eigenvalue weighted by atomic mass is 10.1. The molecule has 0 aromatic heterocycles. The third-order valence-corrected chi connectivity index (χ3v) is 2.04. The van der Waals surface area contributed by atoms with Crippen LogP contribution in [-0.4, -0.2) is 6.54 Å². The van der Waals surface area contributed by atoms with Crippen LogP contribution in [0.3, 0.4) is 0 Å². The third-order valence-electron chi connectivity index (χ3n) is 2.04. The average molecular weight is 175 g/mol. The highest BCUT2D eigenvalue weighted by Crippen LogP contribution is 2.07. The maximum atomic E-state index is 5.46. The number of allylic oxidation sites excluding steroid dienone is 1. The van der Waals surface area contributed by atoms with E-state index in [1.54, 1.807) is 0 Å². The topological polar surface area (TPSA) is 26.0 Å². The van der Waals surface area contributed by atoms with Gasteiger partial charge in [-0.05, 0) is 24.4 Å². The second kappa shape index (κ2) is 5.55. The molecule has 13 heavy (non-hydrogen) atoms.